The molecule has 0 radical (unpaired) electrons. The SMILES string of the molecule is CC(C)(CC(=O)O)NC(=O)c1cc2ccccc2cc1N. The minimum atomic E-state index is -0.966. The van der Waals surface area contributed by atoms with Crippen molar-refractivity contribution in [1.82, 2.24) is 5.32 Å². The van der Waals surface area contributed by atoms with Crippen LogP contribution in [0.1, 0.15) is 30.6 Å². The average molecular weight is 286 g/mol. The number of aliphatic carboxylic acids is 1. The van der Waals surface area contributed by atoms with Gasteiger partial charge in [-0.05, 0) is 36.8 Å². The van der Waals surface area contributed by atoms with E-state index in [4.69, 9.17) is 10.8 Å². The van der Waals surface area contributed by atoms with Crippen LogP contribution in [0, 0.1) is 0 Å². The first kappa shape index (κ1) is 14.8. The molecular formula is C16H18N2O3. The summed E-state index contributed by atoms with van der Waals surface area (Å²) in [6.07, 6.45) is -0.160. The molecular weight excluding hydrogens is 268 g/mol. The molecule has 0 aliphatic rings. The second-order valence-corrected chi connectivity index (χ2v) is 5.70. The van der Waals surface area contributed by atoms with E-state index in [0.29, 0.717) is 11.3 Å². The molecule has 0 unspecified atom stereocenters. The highest BCUT2D eigenvalue weighted by atomic mass is 16.4. The Morgan fingerprint density at radius 3 is 2.33 bits per heavy atom. The fourth-order valence-electron chi connectivity index (χ4n) is 2.25. The van der Waals surface area contributed by atoms with Crippen LogP contribution in [0.4, 0.5) is 5.69 Å². The number of amides is 1. The van der Waals surface area contributed by atoms with Crippen molar-refractivity contribution in [2.45, 2.75) is 25.8 Å². The summed E-state index contributed by atoms with van der Waals surface area (Å²) < 4.78 is 0. The van der Waals surface area contributed by atoms with E-state index in [-0.39, 0.29) is 12.3 Å². The molecule has 0 atom stereocenters. The summed E-state index contributed by atoms with van der Waals surface area (Å²) in [6.45, 7) is 3.33. The number of carbonyl (C=O) groups excluding carboxylic acids is 1. The minimum absolute atomic E-state index is 0.160. The molecule has 21 heavy (non-hydrogen) atoms. The Morgan fingerprint density at radius 1 is 1.19 bits per heavy atom. The van der Waals surface area contributed by atoms with E-state index in [1.807, 2.05) is 24.3 Å². The number of anilines is 1. The van der Waals surface area contributed by atoms with Crippen molar-refractivity contribution in [3.8, 4) is 0 Å². The van der Waals surface area contributed by atoms with Gasteiger partial charge in [-0.1, -0.05) is 24.3 Å². The standard InChI is InChI=1S/C16H18N2O3/c1-16(2,9-14(19)20)18-15(21)12-7-10-5-3-4-6-11(10)8-13(12)17/h3-8H,9,17H2,1-2H3,(H,18,21)(H,19,20). The molecule has 2 aromatic rings. The lowest BCUT2D eigenvalue weighted by Crippen LogP contribution is -2.45. The fourth-order valence-corrected chi connectivity index (χ4v) is 2.25. The molecule has 5 heteroatoms. The summed E-state index contributed by atoms with van der Waals surface area (Å²) in [5, 5.41) is 13.4. The number of carbonyl (C=O) groups is 2. The molecule has 110 valence electrons. The Hall–Kier alpha value is -2.56. The van der Waals surface area contributed by atoms with Crippen LogP contribution >= 0.6 is 0 Å². The van der Waals surface area contributed by atoms with Crippen molar-refractivity contribution >= 4 is 28.3 Å². The van der Waals surface area contributed by atoms with Gasteiger partial charge in [0.2, 0.25) is 0 Å². The normalized spacial score (nSPS) is 11.3. The molecule has 0 aromatic heterocycles. The number of carboxylic acids is 1. The van der Waals surface area contributed by atoms with Gasteiger partial charge in [-0.3, -0.25) is 9.59 Å². The lowest BCUT2D eigenvalue weighted by molar-refractivity contribution is -0.138. The Bertz CT molecular complexity index is 708. The third-order valence-corrected chi connectivity index (χ3v) is 3.21. The topological polar surface area (TPSA) is 92.4 Å². The summed E-state index contributed by atoms with van der Waals surface area (Å²) in [5.41, 5.74) is 5.81. The van der Waals surface area contributed by atoms with Gasteiger partial charge in [-0.2, -0.15) is 0 Å². The van der Waals surface area contributed by atoms with Crippen LogP contribution < -0.4 is 11.1 Å². The number of carboxylic acid groups (broad SMARTS) is 1. The molecule has 0 heterocycles. The van der Waals surface area contributed by atoms with Crippen molar-refractivity contribution in [2.24, 2.45) is 0 Å². The van der Waals surface area contributed by atoms with Crippen LogP contribution in [0.5, 0.6) is 0 Å². The Morgan fingerprint density at radius 2 is 1.76 bits per heavy atom. The Labute approximate surface area is 122 Å². The highest BCUT2D eigenvalue weighted by Gasteiger charge is 2.25. The van der Waals surface area contributed by atoms with Gasteiger partial charge in [0.25, 0.3) is 5.91 Å². The van der Waals surface area contributed by atoms with Crippen LogP contribution in [-0.2, 0) is 4.79 Å². The largest absolute Gasteiger partial charge is 0.481 e. The van der Waals surface area contributed by atoms with Crippen LogP contribution in [0.25, 0.3) is 10.8 Å². The number of nitrogens with two attached hydrogens (primary N) is 1. The van der Waals surface area contributed by atoms with E-state index in [9.17, 15) is 9.59 Å². The van der Waals surface area contributed by atoms with Crippen molar-refractivity contribution in [1.29, 1.82) is 0 Å². The van der Waals surface area contributed by atoms with Crippen LogP contribution in [0.3, 0.4) is 0 Å². The van der Waals surface area contributed by atoms with Gasteiger partial charge < -0.3 is 16.2 Å². The summed E-state index contributed by atoms with van der Waals surface area (Å²) in [6, 6.07) is 11.1. The van der Waals surface area contributed by atoms with Crippen molar-refractivity contribution in [3.05, 3.63) is 42.0 Å². The zero-order valence-corrected chi connectivity index (χ0v) is 12.0. The Kier molecular flexibility index (Phi) is 3.84. The number of fused-ring (bicyclic) bond motifs is 1. The average Bonchev–Trinajstić information content (AvgIpc) is 2.35. The van der Waals surface area contributed by atoms with E-state index in [0.717, 1.165) is 10.8 Å². The maximum absolute atomic E-state index is 12.3. The summed E-state index contributed by atoms with van der Waals surface area (Å²) in [4.78, 5) is 23.1. The molecule has 0 saturated carbocycles. The lowest BCUT2D eigenvalue weighted by atomic mass is 9.99. The zero-order chi connectivity index (χ0) is 15.6. The van der Waals surface area contributed by atoms with Crippen LogP contribution in [0.15, 0.2) is 36.4 Å². The van der Waals surface area contributed by atoms with E-state index in [1.54, 1.807) is 26.0 Å². The first-order chi connectivity index (χ1) is 9.78. The smallest absolute Gasteiger partial charge is 0.305 e. The van der Waals surface area contributed by atoms with Crippen molar-refractivity contribution in [2.75, 3.05) is 5.73 Å². The van der Waals surface area contributed by atoms with Gasteiger partial charge in [-0.25, -0.2) is 0 Å². The van der Waals surface area contributed by atoms with Crippen LogP contribution in [0.2, 0.25) is 0 Å². The van der Waals surface area contributed by atoms with E-state index in [2.05, 4.69) is 5.32 Å². The summed E-state index contributed by atoms with van der Waals surface area (Å²) in [5.74, 6) is -1.34. The van der Waals surface area contributed by atoms with Gasteiger partial charge in [0, 0.05) is 11.2 Å². The highest BCUT2D eigenvalue weighted by molar-refractivity contribution is 6.04. The first-order valence-electron chi connectivity index (χ1n) is 6.61. The second-order valence-electron chi connectivity index (χ2n) is 5.70. The molecule has 0 fully saturated rings. The number of nitrogen functional groups attached to an aromatic ring is 1. The van der Waals surface area contributed by atoms with Gasteiger partial charge in [0.15, 0.2) is 0 Å². The van der Waals surface area contributed by atoms with E-state index in [1.165, 1.54) is 0 Å². The van der Waals surface area contributed by atoms with Gasteiger partial charge in [0.05, 0.1) is 12.0 Å². The van der Waals surface area contributed by atoms with Crippen LogP contribution in [-0.4, -0.2) is 22.5 Å². The molecule has 0 bridgehead atoms. The Balaban J connectivity index is 2.31. The minimum Gasteiger partial charge on any atom is -0.481 e. The maximum atomic E-state index is 12.3. The predicted octanol–water partition coefficient (Wildman–Crippen LogP) is 2.41. The molecule has 4 N–H and O–H groups in total. The van der Waals surface area contributed by atoms with Crippen molar-refractivity contribution in [3.63, 3.8) is 0 Å². The quantitative estimate of drug-likeness (QED) is 0.752. The molecule has 0 saturated heterocycles. The number of hydrogen-bond acceptors (Lipinski definition) is 3. The lowest BCUT2D eigenvalue weighted by Gasteiger charge is -2.24. The fraction of sp³-hybridized carbons (Fsp3) is 0.250. The number of rotatable bonds is 4. The number of nitrogens with one attached hydrogen (secondary N) is 1. The molecule has 1 amide bonds. The molecule has 5 nitrogen and oxygen atoms in total. The molecule has 0 spiro atoms. The van der Waals surface area contributed by atoms with Gasteiger partial charge in [0.1, 0.15) is 0 Å². The monoisotopic (exact) mass is 286 g/mol. The molecule has 0 aliphatic heterocycles. The highest BCUT2D eigenvalue weighted by Crippen LogP contribution is 2.22. The van der Waals surface area contributed by atoms with E-state index < -0.39 is 11.5 Å². The third kappa shape index (κ3) is 3.51. The summed E-state index contributed by atoms with van der Waals surface area (Å²) >= 11 is 0. The first-order valence-corrected chi connectivity index (χ1v) is 6.61. The molecule has 2 aromatic carbocycles. The van der Waals surface area contributed by atoms with E-state index >= 15 is 0 Å². The number of hydrogen-bond donors (Lipinski definition) is 3. The molecule has 0 aliphatic carbocycles. The summed E-state index contributed by atoms with van der Waals surface area (Å²) in [7, 11) is 0. The maximum Gasteiger partial charge on any atom is 0.305 e. The second kappa shape index (κ2) is 5.44. The van der Waals surface area contributed by atoms with Crippen molar-refractivity contribution < 1.29 is 14.7 Å². The number of benzene rings is 2. The third-order valence-electron chi connectivity index (χ3n) is 3.21. The zero-order valence-electron chi connectivity index (χ0n) is 12.0. The van der Waals surface area contributed by atoms with Gasteiger partial charge in [-0.15, -0.1) is 0 Å². The van der Waals surface area contributed by atoms with Gasteiger partial charge >= 0.3 is 5.97 Å². The predicted molar refractivity (Wildman–Crippen MR) is 82.2 cm³/mol. The molecule has 2 rings (SSSR count).